The van der Waals surface area contributed by atoms with Gasteiger partial charge in [-0.3, -0.25) is 0 Å². The zero-order valence-electron chi connectivity index (χ0n) is 17.3. The van der Waals surface area contributed by atoms with Gasteiger partial charge in [-0.1, -0.05) is 6.07 Å². The van der Waals surface area contributed by atoms with Gasteiger partial charge in [-0.2, -0.15) is 0 Å². The minimum absolute atomic E-state index is 0.0992. The number of benzene rings is 1. The lowest BCUT2D eigenvalue weighted by molar-refractivity contribution is 0.0173. The normalized spacial score (nSPS) is 22.6. The van der Waals surface area contributed by atoms with Crippen molar-refractivity contribution < 1.29 is 13.5 Å². The van der Waals surface area contributed by atoms with Crippen LogP contribution in [0.2, 0.25) is 0 Å². The quantitative estimate of drug-likeness (QED) is 0.779. The van der Waals surface area contributed by atoms with Gasteiger partial charge in [0.25, 0.3) is 5.92 Å². The molecule has 1 aromatic heterocycles. The van der Waals surface area contributed by atoms with Crippen LogP contribution in [-0.4, -0.2) is 59.9 Å². The summed E-state index contributed by atoms with van der Waals surface area (Å²) in [5.74, 6) is -1.28. The van der Waals surface area contributed by atoms with Crippen molar-refractivity contribution in [1.82, 2.24) is 20.1 Å². The van der Waals surface area contributed by atoms with E-state index in [1.807, 2.05) is 6.92 Å². The predicted octanol–water partition coefficient (Wildman–Crippen LogP) is 3.50. The summed E-state index contributed by atoms with van der Waals surface area (Å²) in [4.78, 5) is 9.34. The summed E-state index contributed by atoms with van der Waals surface area (Å²) in [6.07, 6.45) is 2.36. The average molecular weight is 403 g/mol. The van der Waals surface area contributed by atoms with Gasteiger partial charge < -0.3 is 14.5 Å². The molecule has 2 aromatic rings. The maximum Gasteiger partial charge on any atom is 0.270 e. The van der Waals surface area contributed by atoms with Gasteiger partial charge in [-0.25, -0.2) is 13.8 Å². The highest BCUT2D eigenvalue weighted by molar-refractivity contribution is 5.69. The summed E-state index contributed by atoms with van der Waals surface area (Å²) < 4.78 is 32.7. The molecular formula is C21H27F2N5O. The van der Waals surface area contributed by atoms with E-state index in [0.717, 1.165) is 33.0 Å². The van der Waals surface area contributed by atoms with E-state index in [2.05, 4.69) is 27.0 Å². The Balaban J connectivity index is 1.64. The number of alkyl halides is 2. The number of aryl methyl sites for hydroxylation is 1. The first-order valence-corrected chi connectivity index (χ1v) is 10.0. The second kappa shape index (κ2) is 7.48. The van der Waals surface area contributed by atoms with Crippen molar-refractivity contribution in [3.8, 4) is 17.0 Å². The lowest BCUT2D eigenvalue weighted by atomic mass is 9.92. The second-order valence-electron chi connectivity index (χ2n) is 8.21. The Hall–Kier alpha value is -2.35. The van der Waals surface area contributed by atoms with Crippen LogP contribution in [0.25, 0.3) is 11.3 Å². The van der Waals surface area contributed by atoms with Gasteiger partial charge in [0, 0.05) is 37.2 Å². The van der Waals surface area contributed by atoms with Crippen molar-refractivity contribution in [2.24, 2.45) is 5.92 Å². The maximum atomic E-state index is 13.7. The van der Waals surface area contributed by atoms with Crippen LogP contribution in [0, 0.1) is 12.8 Å². The highest BCUT2D eigenvalue weighted by atomic mass is 19.3. The molecular weight excluding hydrogens is 376 g/mol. The number of hydrogen-bond acceptors (Lipinski definition) is 6. The largest absolute Gasteiger partial charge is 0.496 e. The number of likely N-dealkylation sites (tertiary alicyclic amines) is 1. The SMILES string of the molecule is COc1cc(C(C)(F)F)ccc1-c1nnc(N2CCC3CCN(C)CC32)nc1C. The molecule has 2 aliphatic rings. The van der Waals surface area contributed by atoms with Crippen molar-refractivity contribution >= 4 is 5.95 Å². The number of likely N-dealkylation sites (N-methyl/N-ethyl adjacent to an activating group) is 1. The number of aromatic nitrogens is 3. The first-order chi connectivity index (χ1) is 13.8. The molecule has 29 heavy (non-hydrogen) atoms. The van der Waals surface area contributed by atoms with Gasteiger partial charge in [0.1, 0.15) is 11.4 Å². The summed E-state index contributed by atoms with van der Waals surface area (Å²) in [6, 6.07) is 4.77. The van der Waals surface area contributed by atoms with Crippen LogP contribution in [0.1, 0.15) is 31.0 Å². The van der Waals surface area contributed by atoms with Crippen molar-refractivity contribution in [2.45, 2.75) is 38.7 Å². The fraction of sp³-hybridized carbons (Fsp3) is 0.571. The van der Waals surface area contributed by atoms with Crippen molar-refractivity contribution in [1.29, 1.82) is 0 Å². The summed E-state index contributed by atoms with van der Waals surface area (Å²) in [5, 5.41) is 8.82. The molecule has 2 atom stereocenters. The zero-order chi connectivity index (χ0) is 20.8. The van der Waals surface area contributed by atoms with E-state index in [1.54, 1.807) is 6.07 Å². The minimum atomic E-state index is -2.94. The number of halogens is 2. The predicted molar refractivity (Wildman–Crippen MR) is 107 cm³/mol. The van der Waals surface area contributed by atoms with Crippen LogP contribution in [0.4, 0.5) is 14.7 Å². The minimum Gasteiger partial charge on any atom is -0.496 e. The first kappa shape index (κ1) is 19.9. The Labute approximate surface area is 169 Å². The number of fused-ring (bicyclic) bond motifs is 1. The standard InChI is InChI=1S/C21H27F2N5O/c1-13-19(16-6-5-15(21(2,22)23)11-18(16)29-4)25-26-20(24-13)28-10-8-14-7-9-27(3)12-17(14)28/h5-6,11,14,17H,7-10,12H2,1-4H3. The second-order valence-corrected chi connectivity index (χ2v) is 8.21. The Morgan fingerprint density at radius 3 is 2.62 bits per heavy atom. The van der Waals surface area contributed by atoms with Gasteiger partial charge in [-0.05, 0) is 51.4 Å². The van der Waals surface area contributed by atoms with Crippen molar-refractivity contribution in [3.63, 3.8) is 0 Å². The molecule has 0 spiro atoms. The van der Waals surface area contributed by atoms with E-state index < -0.39 is 5.92 Å². The van der Waals surface area contributed by atoms with E-state index >= 15 is 0 Å². The molecule has 0 radical (unpaired) electrons. The van der Waals surface area contributed by atoms with Crippen LogP contribution in [0.5, 0.6) is 5.75 Å². The van der Waals surface area contributed by atoms with Crippen LogP contribution < -0.4 is 9.64 Å². The number of nitrogens with zero attached hydrogens (tertiary/aromatic N) is 5. The molecule has 6 nitrogen and oxygen atoms in total. The number of ether oxygens (including phenoxy) is 1. The van der Waals surface area contributed by atoms with E-state index in [4.69, 9.17) is 9.72 Å². The molecule has 2 aliphatic heterocycles. The molecule has 2 saturated heterocycles. The fourth-order valence-corrected chi connectivity index (χ4v) is 4.47. The van der Waals surface area contributed by atoms with Crippen LogP contribution in [0.15, 0.2) is 18.2 Å². The number of methoxy groups -OCH3 is 1. The van der Waals surface area contributed by atoms with Gasteiger partial charge in [0.05, 0.1) is 12.8 Å². The number of hydrogen-bond donors (Lipinski definition) is 0. The molecule has 2 fully saturated rings. The molecule has 0 N–H and O–H groups in total. The van der Waals surface area contributed by atoms with Crippen molar-refractivity contribution in [3.05, 3.63) is 29.5 Å². The molecule has 0 amide bonds. The highest BCUT2D eigenvalue weighted by Gasteiger charge is 2.39. The number of rotatable bonds is 4. The molecule has 0 aliphatic carbocycles. The highest BCUT2D eigenvalue weighted by Crippen LogP contribution is 2.37. The summed E-state index contributed by atoms with van der Waals surface area (Å²) >= 11 is 0. The Bertz CT molecular complexity index is 901. The first-order valence-electron chi connectivity index (χ1n) is 10.0. The molecule has 0 saturated carbocycles. The van der Waals surface area contributed by atoms with Gasteiger partial charge in [-0.15, -0.1) is 10.2 Å². The summed E-state index contributed by atoms with van der Waals surface area (Å²) in [5.41, 5.74) is 1.77. The molecule has 2 unspecified atom stereocenters. The Morgan fingerprint density at radius 1 is 1.17 bits per heavy atom. The third-order valence-electron chi connectivity index (χ3n) is 6.14. The van der Waals surface area contributed by atoms with E-state index in [1.165, 1.54) is 25.7 Å². The van der Waals surface area contributed by atoms with Gasteiger partial charge in [0.2, 0.25) is 5.95 Å². The van der Waals surface area contributed by atoms with Crippen molar-refractivity contribution in [2.75, 3.05) is 38.7 Å². The average Bonchev–Trinajstić information content (AvgIpc) is 3.09. The Kier molecular flexibility index (Phi) is 5.14. The van der Waals surface area contributed by atoms with Crippen LogP contribution >= 0.6 is 0 Å². The Morgan fingerprint density at radius 2 is 1.93 bits per heavy atom. The lowest BCUT2D eigenvalue weighted by Crippen LogP contribution is -2.47. The molecule has 4 rings (SSSR count). The molecule has 3 heterocycles. The topological polar surface area (TPSA) is 54.4 Å². The summed E-state index contributed by atoms with van der Waals surface area (Å²) in [7, 11) is 3.61. The van der Waals surface area contributed by atoms with E-state index in [0.29, 0.717) is 40.6 Å². The number of anilines is 1. The molecule has 0 bridgehead atoms. The third kappa shape index (κ3) is 3.77. The molecule has 156 valence electrons. The van der Waals surface area contributed by atoms with Gasteiger partial charge in [0.15, 0.2) is 0 Å². The molecule has 1 aromatic carbocycles. The van der Waals surface area contributed by atoms with Gasteiger partial charge >= 0.3 is 0 Å². The summed E-state index contributed by atoms with van der Waals surface area (Å²) in [6.45, 7) is 5.83. The van der Waals surface area contributed by atoms with Crippen LogP contribution in [0.3, 0.4) is 0 Å². The lowest BCUT2D eigenvalue weighted by Gasteiger charge is -2.36. The monoisotopic (exact) mass is 403 g/mol. The van der Waals surface area contributed by atoms with E-state index in [9.17, 15) is 8.78 Å². The maximum absolute atomic E-state index is 13.7. The smallest absolute Gasteiger partial charge is 0.270 e. The molecule has 8 heteroatoms. The van der Waals surface area contributed by atoms with Crippen LogP contribution in [-0.2, 0) is 5.92 Å². The zero-order valence-corrected chi connectivity index (χ0v) is 17.3. The number of piperidine rings is 1. The van der Waals surface area contributed by atoms with E-state index in [-0.39, 0.29) is 5.56 Å². The fourth-order valence-electron chi connectivity index (χ4n) is 4.47. The third-order valence-corrected chi connectivity index (χ3v) is 6.14.